The van der Waals surface area contributed by atoms with Crippen molar-refractivity contribution in [3.05, 3.63) is 84.4 Å². The van der Waals surface area contributed by atoms with Gasteiger partial charge in [-0.15, -0.1) is 0 Å². The summed E-state index contributed by atoms with van der Waals surface area (Å²) in [6, 6.07) is 21.6. The van der Waals surface area contributed by atoms with Crippen LogP contribution in [0.5, 0.6) is 17.2 Å². The van der Waals surface area contributed by atoms with Crippen LogP contribution in [0.1, 0.15) is 10.4 Å². The van der Waals surface area contributed by atoms with E-state index in [0.717, 1.165) is 0 Å². The topological polar surface area (TPSA) is 105 Å². The summed E-state index contributed by atoms with van der Waals surface area (Å²) in [5.74, 6) is 1.13. The van der Waals surface area contributed by atoms with Crippen LogP contribution in [0, 0.1) is 0 Å². The Morgan fingerprint density at radius 3 is 2.17 bits per heavy atom. The van der Waals surface area contributed by atoms with E-state index in [0.29, 0.717) is 22.8 Å². The maximum atomic E-state index is 12.2. The van der Waals surface area contributed by atoms with E-state index in [1.165, 1.54) is 24.3 Å². The van der Waals surface area contributed by atoms with Gasteiger partial charge in [-0.2, -0.15) is 0 Å². The lowest BCUT2D eigenvalue weighted by Gasteiger charge is -2.09. The van der Waals surface area contributed by atoms with Gasteiger partial charge in [0.1, 0.15) is 30.5 Å². The molecule has 0 spiro atoms. The first-order valence-electron chi connectivity index (χ1n) is 8.67. The predicted molar refractivity (Wildman–Crippen MR) is 107 cm³/mol. The van der Waals surface area contributed by atoms with E-state index in [1.807, 2.05) is 30.3 Å². The number of nitrogens with two attached hydrogens (primary N) is 1. The van der Waals surface area contributed by atoms with Crippen molar-refractivity contribution in [2.75, 3.05) is 13.2 Å². The average molecular weight is 413 g/mol. The van der Waals surface area contributed by atoms with Crippen molar-refractivity contribution in [3.8, 4) is 17.2 Å². The average Bonchev–Trinajstić information content (AvgIpc) is 2.72. The first kappa shape index (κ1) is 20.4. The van der Waals surface area contributed by atoms with Crippen LogP contribution >= 0.6 is 0 Å². The molecule has 0 fully saturated rings. The van der Waals surface area contributed by atoms with Gasteiger partial charge in [-0.25, -0.2) is 18.4 Å². The molecule has 0 unspecified atom stereocenters. The third kappa shape index (κ3) is 6.06. The number of carbonyl (C=O) groups excluding carboxylic acids is 1. The molecule has 7 nitrogen and oxygen atoms in total. The molecule has 150 valence electrons. The SMILES string of the molecule is NS(=O)(=O)c1ccc(OCCOC(=O)c2cccc(Oc3ccccc3)c2)cc1. The van der Waals surface area contributed by atoms with Crippen molar-refractivity contribution in [2.24, 2.45) is 5.14 Å². The van der Waals surface area contributed by atoms with E-state index in [2.05, 4.69) is 0 Å². The molecule has 0 heterocycles. The van der Waals surface area contributed by atoms with Crippen molar-refractivity contribution in [1.29, 1.82) is 0 Å². The fourth-order valence-electron chi connectivity index (χ4n) is 2.41. The van der Waals surface area contributed by atoms with Crippen LogP contribution in [0.3, 0.4) is 0 Å². The van der Waals surface area contributed by atoms with Crippen LogP contribution in [-0.2, 0) is 14.8 Å². The van der Waals surface area contributed by atoms with E-state index in [4.69, 9.17) is 19.3 Å². The molecule has 3 rings (SSSR count). The summed E-state index contributed by atoms with van der Waals surface area (Å²) in [6.45, 7) is 0.139. The molecule has 0 saturated heterocycles. The largest absolute Gasteiger partial charge is 0.490 e. The minimum Gasteiger partial charge on any atom is -0.490 e. The second-order valence-corrected chi connectivity index (χ2v) is 7.51. The second-order valence-electron chi connectivity index (χ2n) is 5.94. The molecule has 3 aromatic rings. The fourth-order valence-corrected chi connectivity index (χ4v) is 2.93. The molecule has 0 aliphatic heterocycles. The summed E-state index contributed by atoms with van der Waals surface area (Å²) >= 11 is 0. The zero-order valence-electron chi connectivity index (χ0n) is 15.4. The standard InChI is InChI=1S/C21H19NO6S/c22-29(24,25)20-11-9-17(10-12-20)26-13-14-27-21(23)16-5-4-8-19(15-16)28-18-6-2-1-3-7-18/h1-12,15H,13-14H2,(H2,22,24,25). The zero-order valence-corrected chi connectivity index (χ0v) is 16.2. The van der Waals surface area contributed by atoms with Crippen LogP contribution in [0.2, 0.25) is 0 Å². The Bertz CT molecular complexity index is 1070. The lowest BCUT2D eigenvalue weighted by Crippen LogP contribution is -2.13. The van der Waals surface area contributed by atoms with Crippen LogP contribution in [0.4, 0.5) is 0 Å². The minimum atomic E-state index is -3.75. The highest BCUT2D eigenvalue weighted by Gasteiger charge is 2.10. The third-order valence-corrected chi connectivity index (χ3v) is 4.72. The molecular formula is C21H19NO6S. The highest BCUT2D eigenvalue weighted by molar-refractivity contribution is 7.89. The van der Waals surface area contributed by atoms with Crippen molar-refractivity contribution in [1.82, 2.24) is 0 Å². The number of benzene rings is 3. The van der Waals surface area contributed by atoms with Gasteiger partial charge in [0.25, 0.3) is 0 Å². The van der Waals surface area contributed by atoms with Gasteiger partial charge >= 0.3 is 5.97 Å². The normalized spacial score (nSPS) is 10.9. The Morgan fingerprint density at radius 2 is 1.48 bits per heavy atom. The van der Waals surface area contributed by atoms with E-state index in [-0.39, 0.29) is 18.1 Å². The maximum absolute atomic E-state index is 12.2. The molecule has 29 heavy (non-hydrogen) atoms. The van der Waals surface area contributed by atoms with Crippen LogP contribution in [0.15, 0.2) is 83.8 Å². The van der Waals surface area contributed by atoms with E-state index >= 15 is 0 Å². The number of ether oxygens (including phenoxy) is 3. The summed E-state index contributed by atoms with van der Waals surface area (Å²) in [6.07, 6.45) is 0. The lowest BCUT2D eigenvalue weighted by molar-refractivity contribution is 0.0450. The van der Waals surface area contributed by atoms with Gasteiger partial charge in [-0.3, -0.25) is 0 Å². The smallest absolute Gasteiger partial charge is 0.338 e. The van der Waals surface area contributed by atoms with E-state index in [9.17, 15) is 13.2 Å². The number of esters is 1. The monoisotopic (exact) mass is 413 g/mol. The van der Waals surface area contributed by atoms with Crippen LogP contribution < -0.4 is 14.6 Å². The summed E-state index contributed by atoms with van der Waals surface area (Å²) < 4.78 is 38.7. The molecular weight excluding hydrogens is 394 g/mol. The molecule has 0 saturated carbocycles. The molecule has 8 heteroatoms. The number of hydrogen-bond acceptors (Lipinski definition) is 6. The second kappa shape index (κ2) is 9.22. The van der Waals surface area contributed by atoms with Gasteiger partial charge in [0.05, 0.1) is 10.5 Å². The Labute approximate surface area is 168 Å². The first-order valence-corrected chi connectivity index (χ1v) is 10.2. The van der Waals surface area contributed by atoms with Gasteiger partial charge < -0.3 is 14.2 Å². The number of rotatable bonds is 8. The summed E-state index contributed by atoms with van der Waals surface area (Å²) in [5.41, 5.74) is 0.357. The summed E-state index contributed by atoms with van der Waals surface area (Å²) in [4.78, 5) is 12.2. The van der Waals surface area contributed by atoms with Crippen molar-refractivity contribution < 1.29 is 27.4 Å². The highest BCUT2D eigenvalue weighted by Crippen LogP contribution is 2.22. The maximum Gasteiger partial charge on any atom is 0.338 e. The molecule has 3 aromatic carbocycles. The Kier molecular flexibility index (Phi) is 6.48. The quantitative estimate of drug-likeness (QED) is 0.448. The molecule has 2 N–H and O–H groups in total. The molecule has 0 aliphatic carbocycles. The Morgan fingerprint density at radius 1 is 0.793 bits per heavy atom. The zero-order chi connectivity index (χ0) is 20.7. The van der Waals surface area contributed by atoms with Crippen molar-refractivity contribution in [2.45, 2.75) is 4.90 Å². The summed E-state index contributed by atoms with van der Waals surface area (Å²) in [5, 5.41) is 5.04. The number of primary sulfonamides is 1. The summed E-state index contributed by atoms with van der Waals surface area (Å²) in [7, 11) is -3.75. The van der Waals surface area contributed by atoms with Crippen molar-refractivity contribution in [3.63, 3.8) is 0 Å². The van der Waals surface area contributed by atoms with Crippen LogP contribution in [-0.4, -0.2) is 27.6 Å². The first-order chi connectivity index (χ1) is 13.9. The van der Waals surface area contributed by atoms with Gasteiger partial charge in [-0.05, 0) is 54.6 Å². The van der Waals surface area contributed by atoms with Crippen LogP contribution in [0.25, 0.3) is 0 Å². The number of para-hydroxylation sites is 1. The fraction of sp³-hybridized carbons (Fsp3) is 0.0952. The molecule has 0 aliphatic rings. The van der Waals surface area contributed by atoms with E-state index in [1.54, 1.807) is 24.3 Å². The van der Waals surface area contributed by atoms with Gasteiger partial charge in [-0.1, -0.05) is 24.3 Å². The number of carbonyl (C=O) groups is 1. The predicted octanol–water partition coefficient (Wildman–Crippen LogP) is 3.36. The van der Waals surface area contributed by atoms with Gasteiger partial charge in [0.2, 0.25) is 10.0 Å². The third-order valence-electron chi connectivity index (χ3n) is 3.79. The van der Waals surface area contributed by atoms with Gasteiger partial charge in [0.15, 0.2) is 0 Å². The highest BCUT2D eigenvalue weighted by atomic mass is 32.2. The molecule has 0 aromatic heterocycles. The molecule has 0 radical (unpaired) electrons. The molecule has 0 bridgehead atoms. The lowest BCUT2D eigenvalue weighted by atomic mass is 10.2. The Balaban J connectivity index is 1.49. The van der Waals surface area contributed by atoms with E-state index < -0.39 is 16.0 Å². The number of hydrogen-bond donors (Lipinski definition) is 1. The minimum absolute atomic E-state index is 0.00567. The molecule has 0 atom stereocenters. The molecule has 0 amide bonds. The van der Waals surface area contributed by atoms with Crippen molar-refractivity contribution >= 4 is 16.0 Å². The Hall–Kier alpha value is -3.36. The van der Waals surface area contributed by atoms with Gasteiger partial charge in [0, 0.05) is 0 Å². The number of sulfonamides is 1.